The number of nitrogens with one attached hydrogen (secondary N) is 1. The van der Waals surface area contributed by atoms with Crippen LogP contribution in [0, 0.1) is 0 Å². The standard InChI is InChI=1S/C20H33N5O4S.HI/c21-20(22-6-3-7-24-8-12-28-13-9-24)23-16-18-4-1-2-5-19(18)17-30(26,27)25-10-14-29-15-11-25;/h1-2,4-5H,3,6-17H2,(H3,21,22,23);1H. The molecule has 2 aliphatic heterocycles. The first-order chi connectivity index (χ1) is 14.5. The summed E-state index contributed by atoms with van der Waals surface area (Å²) in [5.74, 6) is 0.341. The van der Waals surface area contributed by atoms with Gasteiger partial charge in [0.05, 0.1) is 38.7 Å². The van der Waals surface area contributed by atoms with E-state index in [0.29, 0.717) is 38.8 Å². The second-order valence-corrected chi connectivity index (χ2v) is 9.44. The fourth-order valence-electron chi connectivity index (χ4n) is 3.54. The smallest absolute Gasteiger partial charge is 0.218 e. The van der Waals surface area contributed by atoms with Crippen molar-refractivity contribution >= 4 is 40.0 Å². The zero-order valence-corrected chi connectivity index (χ0v) is 21.0. The van der Waals surface area contributed by atoms with Crippen LogP contribution < -0.4 is 11.1 Å². The fourth-order valence-corrected chi connectivity index (χ4v) is 5.10. The Morgan fingerprint density at radius 3 is 2.32 bits per heavy atom. The van der Waals surface area contributed by atoms with Crippen LogP contribution in [0.4, 0.5) is 0 Å². The number of guanidine groups is 1. The number of rotatable bonds is 9. The zero-order valence-electron chi connectivity index (χ0n) is 17.9. The topological polar surface area (TPSA) is 109 Å². The van der Waals surface area contributed by atoms with Crippen LogP contribution in [0.3, 0.4) is 0 Å². The quantitative estimate of drug-likeness (QED) is 0.195. The monoisotopic (exact) mass is 567 g/mol. The summed E-state index contributed by atoms with van der Waals surface area (Å²) in [6.07, 6.45) is 0.977. The third-order valence-corrected chi connectivity index (χ3v) is 7.13. The summed E-state index contributed by atoms with van der Waals surface area (Å²) in [5, 5.41) is 3.14. The number of hydrogen-bond donors (Lipinski definition) is 2. The van der Waals surface area contributed by atoms with Gasteiger partial charge in [-0.05, 0) is 24.1 Å². The van der Waals surface area contributed by atoms with E-state index < -0.39 is 10.0 Å². The minimum atomic E-state index is -3.38. The minimum Gasteiger partial charge on any atom is -0.379 e. The molecule has 0 bridgehead atoms. The van der Waals surface area contributed by atoms with Gasteiger partial charge in [-0.15, -0.1) is 24.0 Å². The molecule has 2 aliphatic rings. The molecule has 0 aliphatic carbocycles. The van der Waals surface area contributed by atoms with Gasteiger partial charge < -0.3 is 20.5 Å². The van der Waals surface area contributed by atoms with Crippen molar-refractivity contribution in [2.75, 3.05) is 65.7 Å². The highest BCUT2D eigenvalue weighted by molar-refractivity contribution is 14.0. The van der Waals surface area contributed by atoms with Crippen molar-refractivity contribution in [2.45, 2.75) is 18.7 Å². The minimum absolute atomic E-state index is 0. The maximum atomic E-state index is 12.7. The summed E-state index contributed by atoms with van der Waals surface area (Å²) in [7, 11) is -3.38. The van der Waals surface area contributed by atoms with Crippen molar-refractivity contribution < 1.29 is 17.9 Å². The molecule has 1 aromatic carbocycles. The molecule has 3 N–H and O–H groups in total. The Bertz CT molecular complexity index is 797. The van der Waals surface area contributed by atoms with Gasteiger partial charge in [0.2, 0.25) is 10.0 Å². The highest BCUT2D eigenvalue weighted by atomic mass is 127. The zero-order chi connectivity index (χ0) is 21.2. The molecule has 1 aromatic rings. The van der Waals surface area contributed by atoms with E-state index in [1.165, 1.54) is 4.31 Å². The molecule has 2 heterocycles. The molecule has 176 valence electrons. The van der Waals surface area contributed by atoms with Gasteiger partial charge in [-0.25, -0.2) is 13.4 Å². The van der Waals surface area contributed by atoms with Crippen molar-refractivity contribution in [1.82, 2.24) is 14.5 Å². The summed E-state index contributed by atoms with van der Waals surface area (Å²) in [6, 6.07) is 7.49. The Morgan fingerprint density at radius 2 is 1.65 bits per heavy atom. The average molecular weight is 567 g/mol. The maximum Gasteiger partial charge on any atom is 0.218 e. The van der Waals surface area contributed by atoms with Gasteiger partial charge in [0, 0.05) is 32.7 Å². The number of morpholine rings is 2. The van der Waals surface area contributed by atoms with Crippen molar-refractivity contribution in [1.29, 1.82) is 0 Å². The largest absolute Gasteiger partial charge is 0.379 e. The number of hydrogen-bond acceptors (Lipinski definition) is 6. The fraction of sp³-hybridized carbons (Fsp3) is 0.650. The molecular formula is C20H34IN5O4S. The first-order valence-electron chi connectivity index (χ1n) is 10.5. The molecule has 0 aromatic heterocycles. The molecule has 0 radical (unpaired) electrons. The Balaban J connectivity index is 0.00000341. The van der Waals surface area contributed by atoms with E-state index in [-0.39, 0.29) is 29.7 Å². The Hall–Kier alpha value is -0.990. The number of benzene rings is 1. The van der Waals surface area contributed by atoms with Crippen molar-refractivity contribution in [3.05, 3.63) is 35.4 Å². The van der Waals surface area contributed by atoms with Crippen molar-refractivity contribution in [3.63, 3.8) is 0 Å². The molecule has 0 amide bonds. The van der Waals surface area contributed by atoms with E-state index in [2.05, 4.69) is 15.2 Å². The predicted octanol–water partition coefficient (Wildman–Crippen LogP) is 0.593. The van der Waals surface area contributed by atoms with Gasteiger partial charge >= 0.3 is 0 Å². The van der Waals surface area contributed by atoms with Crippen LogP contribution in [0.5, 0.6) is 0 Å². The Morgan fingerprint density at radius 1 is 1.03 bits per heavy atom. The van der Waals surface area contributed by atoms with E-state index in [1.54, 1.807) is 0 Å². The second-order valence-electron chi connectivity index (χ2n) is 7.47. The van der Waals surface area contributed by atoms with Crippen molar-refractivity contribution in [2.24, 2.45) is 10.7 Å². The van der Waals surface area contributed by atoms with Crippen LogP contribution in [0.25, 0.3) is 0 Å². The number of nitrogens with two attached hydrogens (primary N) is 1. The van der Waals surface area contributed by atoms with Gasteiger partial charge in [-0.1, -0.05) is 24.3 Å². The number of halogens is 1. The summed E-state index contributed by atoms with van der Waals surface area (Å²) < 4.78 is 37.6. The molecule has 11 heteroatoms. The molecule has 9 nitrogen and oxygen atoms in total. The highest BCUT2D eigenvalue weighted by Crippen LogP contribution is 2.17. The van der Waals surface area contributed by atoms with Gasteiger partial charge in [-0.3, -0.25) is 4.90 Å². The normalized spacial score (nSPS) is 19.0. The van der Waals surface area contributed by atoms with Crippen LogP contribution in [0.1, 0.15) is 17.5 Å². The summed E-state index contributed by atoms with van der Waals surface area (Å²) in [6.45, 7) is 7.37. The van der Waals surface area contributed by atoms with Gasteiger partial charge in [0.25, 0.3) is 0 Å². The Labute approximate surface area is 202 Å². The lowest BCUT2D eigenvalue weighted by Gasteiger charge is -2.26. The highest BCUT2D eigenvalue weighted by Gasteiger charge is 2.25. The third kappa shape index (κ3) is 8.81. The lowest BCUT2D eigenvalue weighted by Crippen LogP contribution is -2.41. The van der Waals surface area contributed by atoms with Gasteiger partial charge in [0.15, 0.2) is 5.96 Å². The Kier molecular flexibility index (Phi) is 11.5. The molecule has 0 saturated carbocycles. The summed E-state index contributed by atoms with van der Waals surface area (Å²) >= 11 is 0. The van der Waals surface area contributed by atoms with Crippen LogP contribution in [-0.4, -0.2) is 89.3 Å². The van der Waals surface area contributed by atoms with Crippen LogP contribution in [0.2, 0.25) is 0 Å². The van der Waals surface area contributed by atoms with Crippen molar-refractivity contribution in [3.8, 4) is 0 Å². The van der Waals surface area contributed by atoms with E-state index in [4.69, 9.17) is 15.2 Å². The molecule has 0 unspecified atom stereocenters. The number of aliphatic imine (C=N–C) groups is 1. The first-order valence-corrected chi connectivity index (χ1v) is 12.1. The lowest BCUT2D eigenvalue weighted by molar-refractivity contribution is 0.0376. The van der Waals surface area contributed by atoms with E-state index in [1.807, 2.05) is 24.3 Å². The summed E-state index contributed by atoms with van der Waals surface area (Å²) in [4.78, 5) is 6.78. The molecule has 2 saturated heterocycles. The number of nitrogens with zero attached hydrogens (tertiary/aromatic N) is 3. The molecule has 3 rings (SSSR count). The molecule has 31 heavy (non-hydrogen) atoms. The SMILES string of the molecule is I.NC(=NCc1ccccc1CS(=O)(=O)N1CCOCC1)NCCCN1CCOCC1. The molecule has 0 spiro atoms. The van der Waals surface area contributed by atoms with E-state index in [0.717, 1.165) is 56.9 Å². The number of ether oxygens (including phenoxy) is 2. The molecular weight excluding hydrogens is 533 g/mol. The van der Waals surface area contributed by atoms with Crippen LogP contribution in [0.15, 0.2) is 29.3 Å². The summed E-state index contributed by atoms with van der Waals surface area (Å²) in [5.41, 5.74) is 7.63. The first kappa shape index (κ1) is 26.3. The van der Waals surface area contributed by atoms with Gasteiger partial charge in [-0.2, -0.15) is 4.31 Å². The van der Waals surface area contributed by atoms with E-state index >= 15 is 0 Å². The third-order valence-electron chi connectivity index (χ3n) is 5.30. The van der Waals surface area contributed by atoms with Crippen LogP contribution in [-0.2, 0) is 31.8 Å². The number of sulfonamides is 1. The van der Waals surface area contributed by atoms with E-state index in [9.17, 15) is 8.42 Å². The predicted molar refractivity (Wildman–Crippen MR) is 132 cm³/mol. The van der Waals surface area contributed by atoms with Crippen LogP contribution >= 0.6 is 24.0 Å². The lowest BCUT2D eigenvalue weighted by atomic mass is 10.1. The molecule has 0 atom stereocenters. The van der Waals surface area contributed by atoms with Gasteiger partial charge in [0.1, 0.15) is 0 Å². The average Bonchev–Trinajstić information content (AvgIpc) is 2.77. The maximum absolute atomic E-state index is 12.7. The second kappa shape index (κ2) is 13.5. The molecule has 2 fully saturated rings.